The molecule has 0 fully saturated rings. The Morgan fingerprint density at radius 1 is 1.33 bits per heavy atom. The zero-order valence-electron chi connectivity index (χ0n) is 9.22. The van der Waals surface area contributed by atoms with E-state index in [-0.39, 0.29) is 0 Å². The first-order valence-corrected chi connectivity index (χ1v) is 5.60. The van der Waals surface area contributed by atoms with E-state index in [1.807, 2.05) is 0 Å². The van der Waals surface area contributed by atoms with Crippen LogP contribution in [-0.4, -0.2) is 11.5 Å². The van der Waals surface area contributed by atoms with E-state index in [2.05, 4.69) is 42.3 Å². The summed E-state index contributed by atoms with van der Waals surface area (Å²) in [7, 11) is 0. The van der Waals surface area contributed by atoms with Crippen molar-refractivity contribution in [3.63, 3.8) is 0 Å². The molecule has 1 aliphatic heterocycles. The average Bonchev–Trinajstić information content (AvgIpc) is 2.58. The molecular weight excluding hydrogens is 184 g/mol. The largest absolute Gasteiger partial charge is 0.357 e. The Morgan fingerprint density at radius 2 is 2.20 bits per heavy atom. The van der Waals surface area contributed by atoms with Gasteiger partial charge in [0, 0.05) is 22.6 Å². The minimum Gasteiger partial charge on any atom is -0.357 e. The number of rotatable bonds is 0. The first kappa shape index (κ1) is 8.98. The van der Waals surface area contributed by atoms with Crippen LogP contribution in [0.15, 0.2) is 18.2 Å². The molecule has 1 atom stereocenters. The summed E-state index contributed by atoms with van der Waals surface area (Å²) in [6.07, 6.45) is 1.14. The third-order valence-corrected chi connectivity index (χ3v) is 3.35. The molecule has 78 valence electrons. The Bertz CT molecular complexity index is 510. The number of benzene rings is 1. The van der Waals surface area contributed by atoms with Crippen LogP contribution in [0.4, 0.5) is 0 Å². The highest BCUT2D eigenvalue weighted by molar-refractivity contribution is 5.85. The fourth-order valence-electron chi connectivity index (χ4n) is 2.54. The topological polar surface area (TPSA) is 27.8 Å². The van der Waals surface area contributed by atoms with Crippen molar-refractivity contribution in [1.29, 1.82) is 0 Å². The second-order valence-electron chi connectivity index (χ2n) is 4.49. The van der Waals surface area contributed by atoms with E-state index >= 15 is 0 Å². The molecule has 0 bridgehead atoms. The molecule has 2 heterocycles. The van der Waals surface area contributed by atoms with E-state index in [0.717, 1.165) is 13.0 Å². The van der Waals surface area contributed by atoms with Gasteiger partial charge in [-0.05, 0) is 44.5 Å². The number of hydrogen-bond acceptors (Lipinski definition) is 1. The molecule has 0 spiro atoms. The van der Waals surface area contributed by atoms with Gasteiger partial charge in [-0.15, -0.1) is 0 Å². The van der Waals surface area contributed by atoms with Gasteiger partial charge in [-0.1, -0.05) is 11.6 Å². The lowest BCUT2D eigenvalue weighted by molar-refractivity contribution is 0.533. The molecule has 0 amide bonds. The molecule has 2 aromatic rings. The highest BCUT2D eigenvalue weighted by Crippen LogP contribution is 2.30. The van der Waals surface area contributed by atoms with Gasteiger partial charge in [0.05, 0.1) is 0 Å². The lowest BCUT2D eigenvalue weighted by atomic mass is 9.99. The molecule has 0 saturated heterocycles. The average molecular weight is 200 g/mol. The number of aromatic nitrogens is 1. The normalized spacial score (nSPS) is 20.5. The van der Waals surface area contributed by atoms with E-state index in [0.29, 0.717) is 6.04 Å². The maximum atomic E-state index is 3.53. The number of hydrogen-bond donors (Lipinski definition) is 2. The SMILES string of the molecule is Cc1ccc2[nH]c3c(c2c1)CCN[C@@H]3C. The van der Waals surface area contributed by atoms with Gasteiger partial charge in [-0.25, -0.2) is 0 Å². The van der Waals surface area contributed by atoms with Crippen LogP contribution in [0.1, 0.15) is 29.8 Å². The summed E-state index contributed by atoms with van der Waals surface area (Å²) in [4.78, 5) is 3.53. The first-order valence-electron chi connectivity index (χ1n) is 5.60. The fraction of sp³-hybridized carbons (Fsp3) is 0.385. The summed E-state index contributed by atoms with van der Waals surface area (Å²) in [5.41, 5.74) is 5.51. The lowest BCUT2D eigenvalue weighted by Crippen LogP contribution is -2.27. The van der Waals surface area contributed by atoms with Gasteiger partial charge < -0.3 is 10.3 Å². The van der Waals surface area contributed by atoms with Crippen LogP contribution in [0.2, 0.25) is 0 Å². The van der Waals surface area contributed by atoms with Gasteiger partial charge in [-0.3, -0.25) is 0 Å². The van der Waals surface area contributed by atoms with E-state index in [1.54, 1.807) is 0 Å². The van der Waals surface area contributed by atoms with Crippen LogP contribution in [-0.2, 0) is 6.42 Å². The summed E-state index contributed by atoms with van der Waals surface area (Å²) >= 11 is 0. The zero-order chi connectivity index (χ0) is 10.4. The predicted molar refractivity (Wildman–Crippen MR) is 63.2 cm³/mol. The predicted octanol–water partition coefficient (Wildman–Crippen LogP) is 2.68. The second-order valence-corrected chi connectivity index (χ2v) is 4.49. The van der Waals surface area contributed by atoms with Gasteiger partial charge in [0.15, 0.2) is 0 Å². The molecule has 0 aliphatic carbocycles. The van der Waals surface area contributed by atoms with Crippen molar-refractivity contribution < 1.29 is 0 Å². The number of fused-ring (bicyclic) bond motifs is 3. The summed E-state index contributed by atoms with van der Waals surface area (Å²) in [5.74, 6) is 0. The monoisotopic (exact) mass is 200 g/mol. The number of aromatic amines is 1. The fourth-order valence-corrected chi connectivity index (χ4v) is 2.54. The van der Waals surface area contributed by atoms with Crippen LogP contribution >= 0.6 is 0 Å². The number of H-pyrrole nitrogens is 1. The van der Waals surface area contributed by atoms with Gasteiger partial charge >= 0.3 is 0 Å². The molecule has 0 unspecified atom stereocenters. The van der Waals surface area contributed by atoms with E-state index < -0.39 is 0 Å². The molecular formula is C13H16N2. The summed E-state index contributed by atoms with van der Waals surface area (Å²) in [5, 5.41) is 4.90. The molecule has 2 nitrogen and oxygen atoms in total. The molecule has 2 heteroatoms. The van der Waals surface area contributed by atoms with Crippen molar-refractivity contribution in [3.05, 3.63) is 35.0 Å². The van der Waals surface area contributed by atoms with Crippen molar-refractivity contribution >= 4 is 10.9 Å². The van der Waals surface area contributed by atoms with Gasteiger partial charge in [0.2, 0.25) is 0 Å². The summed E-state index contributed by atoms with van der Waals surface area (Å²) < 4.78 is 0. The zero-order valence-corrected chi connectivity index (χ0v) is 9.22. The minimum absolute atomic E-state index is 0.460. The Kier molecular flexibility index (Phi) is 1.86. The smallest absolute Gasteiger partial charge is 0.0459 e. The molecule has 1 aliphatic rings. The molecule has 0 radical (unpaired) electrons. The van der Waals surface area contributed by atoms with Crippen molar-refractivity contribution in [2.45, 2.75) is 26.3 Å². The van der Waals surface area contributed by atoms with Crippen molar-refractivity contribution in [1.82, 2.24) is 10.3 Å². The van der Waals surface area contributed by atoms with E-state index in [4.69, 9.17) is 0 Å². The Hall–Kier alpha value is -1.28. The Morgan fingerprint density at radius 3 is 3.07 bits per heavy atom. The molecule has 1 aromatic heterocycles. The number of aryl methyl sites for hydroxylation is 1. The third-order valence-electron chi connectivity index (χ3n) is 3.35. The third kappa shape index (κ3) is 1.29. The van der Waals surface area contributed by atoms with Crippen molar-refractivity contribution in [2.75, 3.05) is 6.54 Å². The molecule has 3 rings (SSSR count). The quantitative estimate of drug-likeness (QED) is 0.672. The summed E-state index contributed by atoms with van der Waals surface area (Å²) in [6.45, 7) is 5.47. The van der Waals surface area contributed by atoms with Gasteiger partial charge in [0.1, 0.15) is 0 Å². The van der Waals surface area contributed by atoms with Crippen LogP contribution in [0.3, 0.4) is 0 Å². The van der Waals surface area contributed by atoms with Gasteiger partial charge in [-0.2, -0.15) is 0 Å². The molecule has 15 heavy (non-hydrogen) atoms. The maximum absolute atomic E-state index is 3.53. The van der Waals surface area contributed by atoms with E-state index in [9.17, 15) is 0 Å². The molecule has 1 aromatic carbocycles. The van der Waals surface area contributed by atoms with Crippen LogP contribution < -0.4 is 5.32 Å². The maximum Gasteiger partial charge on any atom is 0.0459 e. The standard InChI is InChI=1S/C13H16N2/c1-8-3-4-12-11(7-8)10-5-6-14-9(2)13(10)15-12/h3-4,7,9,14-15H,5-6H2,1-2H3/t9-/m1/s1. The Labute approximate surface area is 89.7 Å². The van der Waals surface area contributed by atoms with Crippen LogP contribution in [0.25, 0.3) is 10.9 Å². The van der Waals surface area contributed by atoms with Crippen molar-refractivity contribution in [3.8, 4) is 0 Å². The van der Waals surface area contributed by atoms with Gasteiger partial charge in [0.25, 0.3) is 0 Å². The van der Waals surface area contributed by atoms with Crippen LogP contribution in [0, 0.1) is 6.92 Å². The molecule has 0 saturated carbocycles. The summed E-state index contributed by atoms with van der Waals surface area (Å²) in [6, 6.07) is 7.11. The molecule has 2 N–H and O–H groups in total. The first-order chi connectivity index (χ1) is 7.25. The highest BCUT2D eigenvalue weighted by Gasteiger charge is 2.19. The Balaban J connectivity index is 2.31. The van der Waals surface area contributed by atoms with Crippen LogP contribution in [0.5, 0.6) is 0 Å². The lowest BCUT2D eigenvalue weighted by Gasteiger charge is -2.20. The van der Waals surface area contributed by atoms with Crippen molar-refractivity contribution in [2.24, 2.45) is 0 Å². The minimum atomic E-state index is 0.460. The number of nitrogens with one attached hydrogen (secondary N) is 2. The second kappa shape index (κ2) is 3.11. The highest BCUT2D eigenvalue weighted by atomic mass is 15.0. The van der Waals surface area contributed by atoms with E-state index in [1.165, 1.54) is 27.7 Å².